The Morgan fingerprint density at radius 2 is 1.91 bits per heavy atom. The molecule has 0 aromatic heterocycles. The zero-order valence-electron chi connectivity index (χ0n) is 13.3. The number of halogens is 2. The number of nitrogens with one attached hydrogen (secondary N) is 1. The van der Waals surface area contributed by atoms with Crippen molar-refractivity contribution in [3.8, 4) is 0 Å². The predicted molar refractivity (Wildman–Crippen MR) is 86.1 cm³/mol. The number of nitrogens with zero attached hydrogens (tertiary/aromatic N) is 1. The van der Waals surface area contributed by atoms with E-state index in [9.17, 15) is 8.78 Å². The van der Waals surface area contributed by atoms with Crippen molar-refractivity contribution < 1.29 is 8.78 Å². The Labute approximate surface area is 131 Å². The Kier molecular flexibility index (Phi) is 4.97. The molecule has 0 bridgehead atoms. The van der Waals surface area contributed by atoms with Gasteiger partial charge in [-0.3, -0.25) is 0 Å². The van der Waals surface area contributed by atoms with E-state index in [1.165, 1.54) is 37.8 Å². The molecule has 1 aromatic carbocycles. The summed E-state index contributed by atoms with van der Waals surface area (Å²) < 4.78 is 26.6. The Bertz CT molecular complexity index is 500. The summed E-state index contributed by atoms with van der Waals surface area (Å²) in [5.41, 5.74) is 0.790. The molecule has 2 fully saturated rings. The molecule has 2 nitrogen and oxygen atoms in total. The zero-order valence-corrected chi connectivity index (χ0v) is 13.3. The van der Waals surface area contributed by atoms with Crippen molar-refractivity contribution in [2.75, 3.05) is 24.5 Å². The van der Waals surface area contributed by atoms with Crippen LogP contribution in [0.2, 0.25) is 0 Å². The van der Waals surface area contributed by atoms with Gasteiger partial charge in [-0.25, -0.2) is 8.78 Å². The lowest BCUT2D eigenvalue weighted by Gasteiger charge is -2.38. The second-order valence-corrected chi connectivity index (χ2v) is 7.10. The summed E-state index contributed by atoms with van der Waals surface area (Å²) in [7, 11) is 0. The minimum Gasteiger partial charge on any atom is -0.370 e. The number of hydrogen-bond donors (Lipinski definition) is 1. The van der Waals surface area contributed by atoms with Gasteiger partial charge in [0, 0.05) is 30.9 Å². The van der Waals surface area contributed by atoms with E-state index in [0.29, 0.717) is 12.0 Å². The Morgan fingerprint density at radius 3 is 2.64 bits per heavy atom. The summed E-state index contributed by atoms with van der Waals surface area (Å²) in [6.45, 7) is 5.12. The molecule has 1 N–H and O–H groups in total. The molecule has 2 unspecified atom stereocenters. The van der Waals surface area contributed by atoms with E-state index in [1.807, 2.05) is 0 Å². The van der Waals surface area contributed by atoms with Crippen LogP contribution in [-0.4, -0.2) is 25.7 Å². The molecule has 0 radical (unpaired) electrons. The second-order valence-electron chi connectivity index (χ2n) is 7.10. The normalized spacial score (nSPS) is 26.6. The van der Waals surface area contributed by atoms with Crippen molar-refractivity contribution in [3.63, 3.8) is 0 Å². The van der Waals surface area contributed by atoms with E-state index in [4.69, 9.17) is 0 Å². The summed E-state index contributed by atoms with van der Waals surface area (Å²) in [6.07, 6.45) is 6.60. The van der Waals surface area contributed by atoms with Gasteiger partial charge in [0.25, 0.3) is 0 Å². The average molecular weight is 308 g/mol. The van der Waals surface area contributed by atoms with E-state index in [2.05, 4.69) is 17.1 Å². The van der Waals surface area contributed by atoms with Crippen molar-refractivity contribution in [1.29, 1.82) is 0 Å². The summed E-state index contributed by atoms with van der Waals surface area (Å²) >= 11 is 0. The van der Waals surface area contributed by atoms with Crippen LogP contribution in [0.5, 0.6) is 0 Å². The van der Waals surface area contributed by atoms with Crippen molar-refractivity contribution in [2.45, 2.75) is 45.1 Å². The maximum absolute atomic E-state index is 13.5. The Morgan fingerprint density at radius 1 is 1.14 bits per heavy atom. The lowest BCUT2D eigenvalue weighted by atomic mass is 9.94. The molecule has 2 aliphatic rings. The fraction of sp³-hybridized carbons (Fsp3) is 0.667. The van der Waals surface area contributed by atoms with Crippen LogP contribution in [0.15, 0.2) is 18.2 Å². The first-order valence-electron chi connectivity index (χ1n) is 8.55. The number of hydrogen-bond acceptors (Lipinski definition) is 2. The molecule has 122 valence electrons. The molecule has 1 aliphatic heterocycles. The van der Waals surface area contributed by atoms with Crippen molar-refractivity contribution in [3.05, 3.63) is 29.8 Å². The summed E-state index contributed by atoms with van der Waals surface area (Å²) in [4.78, 5) is 2.18. The first kappa shape index (κ1) is 15.7. The maximum Gasteiger partial charge on any atom is 0.160 e. The van der Waals surface area contributed by atoms with Gasteiger partial charge in [-0.15, -0.1) is 0 Å². The highest BCUT2D eigenvalue weighted by molar-refractivity contribution is 5.47. The number of anilines is 1. The first-order valence-corrected chi connectivity index (χ1v) is 8.55. The molecule has 2 atom stereocenters. The van der Waals surface area contributed by atoms with Crippen LogP contribution in [0.25, 0.3) is 0 Å². The molecule has 1 aliphatic carbocycles. The third kappa shape index (κ3) is 3.78. The van der Waals surface area contributed by atoms with Crippen molar-refractivity contribution >= 4 is 5.69 Å². The highest BCUT2D eigenvalue weighted by atomic mass is 19.2. The van der Waals surface area contributed by atoms with Gasteiger partial charge < -0.3 is 10.2 Å². The molecule has 4 heteroatoms. The van der Waals surface area contributed by atoms with Gasteiger partial charge in [-0.1, -0.05) is 19.8 Å². The summed E-state index contributed by atoms with van der Waals surface area (Å²) in [6, 6.07) is 4.68. The Hall–Kier alpha value is -1.16. The van der Waals surface area contributed by atoms with E-state index < -0.39 is 11.6 Å². The molecule has 1 aromatic rings. The molecule has 3 rings (SSSR count). The highest BCUT2D eigenvalue weighted by Crippen LogP contribution is 2.27. The lowest BCUT2D eigenvalue weighted by molar-refractivity contribution is 0.331. The largest absolute Gasteiger partial charge is 0.370 e. The number of rotatable bonds is 4. The van der Waals surface area contributed by atoms with Crippen LogP contribution in [0, 0.1) is 23.5 Å². The van der Waals surface area contributed by atoms with Gasteiger partial charge in [-0.05, 0) is 49.8 Å². The lowest BCUT2D eigenvalue weighted by Crippen LogP contribution is -2.49. The minimum absolute atomic E-state index is 0.442. The summed E-state index contributed by atoms with van der Waals surface area (Å²) in [5, 5.41) is 3.71. The maximum atomic E-state index is 13.5. The minimum atomic E-state index is -0.773. The predicted octanol–water partition coefficient (Wildman–Crippen LogP) is 3.96. The van der Waals surface area contributed by atoms with Gasteiger partial charge in [0.05, 0.1) is 0 Å². The molecular weight excluding hydrogens is 282 g/mol. The molecule has 0 amide bonds. The van der Waals surface area contributed by atoms with Gasteiger partial charge in [0.2, 0.25) is 0 Å². The van der Waals surface area contributed by atoms with E-state index in [-0.39, 0.29) is 0 Å². The monoisotopic (exact) mass is 308 g/mol. The Balaban J connectivity index is 1.60. The summed E-state index contributed by atoms with van der Waals surface area (Å²) in [5.74, 6) is -0.146. The van der Waals surface area contributed by atoms with E-state index in [0.717, 1.165) is 37.7 Å². The van der Waals surface area contributed by atoms with Crippen molar-refractivity contribution in [2.24, 2.45) is 11.8 Å². The van der Waals surface area contributed by atoms with Crippen LogP contribution in [0.4, 0.5) is 14.5 Å². The van der Waals surface area contributed by atoms with Crippen molar-refractivity contribution in [1.82, 2.24) is 5.32 Å². The standard InChI is InChI=1S/C18H26F2N2/c1-13-8-15(21-10-14-4-2-3-5-14)12-22(11-13)16-6-7-17(19)18(20)9-16/h6-7,9,13-15,21H,2-5,8,10-12H2,1H3. The van der Waals surface area contributed by atoms with Gasteiger partial charge in [0.15, 0.2) is 11.6 Å². The van der Waals surface area contributed by atoms with Crippen LogP contribution in [0.3, 0.4) is 0 Å². The second kappa shape index (κ2) is 6.95. The average Bonchev–Trinajstić information content (AvgIpc) is 3.01. The zero-order chi connectivity index (χ0) is 15.5. The third-order valence-electron chi connectivity index (χ3n) is 5.10. The molecule has 1 saturated carbocycles. The van der Waals surface area contributed by atoms with Gasteiger partial charge in [-0.2, -0.15) is 0 Å². The molecule has 1 saturated heterocycles. The SMILES string of the molecule is CC1CC(NCC2CCCC2)CN(c2ccc(F)c(F)c2)C1. The topological polar surface area (TPSA) is 15.3 Å². The number of piperidine rings is 1. The molecule has 0 spiro atoms. The van der Waals surface area contributed by atoms with Crippen LogP contribution in [-0.2, 0) is 0 Å². The third-order valence-corrected chi connectivity index (χ3v) is 5.10. The van der Waals surface area contributed by atoms with Crippen LogP contribution in [0.1, 0.15) is 39.0 Å². The fourth-order valence-corrected chi connectivity index (χ4v) is 3.94. The van der Waals surface area contributed by atoms with E-state index >= 15 is 0 Å². The quantitative estimate of drug-likeness (QED) is 0.906. The smallest absolute Gasteiger partial charge is 0.160 e. The number of benzene rings is 1. The van der Waals surface area contributed by atoms with Crippen LogP contribution >= 0.6 is 0 Å². The fourth-order valence-electron chi connectivity index (χ4n) is 3.94. The van der Waals surface area contributed by atoms with Gasteiger partial charge >= 0.3 is 0 Å². The van der Waals surface area contributed by atoms with Crippen LogP contribution < -0.4 is 10.2 Å². The molecule has 22 heavy (non-hydrogen) atoms. The highest BCUT2D eigenvalue weighted by Gasteiger charge is 2.26. The van der Waals surface area contributed by atoms with Gasteiger partial charge in [0.1, 0.15) is 0 Å². The van der Waals surface area contributed by atoms with E-state index in [1.54, 1.807) is 6.07 Å². The first-order chi connectivity index (χ1) is 10.6. The molecule has 1 heterocycles. The molecular formula is C18H26F2N2.